The maximum atomic E-state index is 12.6. The van der Waals surface area contributed by atoms with Gasteiger partial charge in [-0.25, -0.2) is 4.79 Å². The third-order valence-corrected chi connectivity index (χ3v) is 4.96. The number of hydrogen-bond donors (Lipinski definition) is 2. The smallest absolute Gasteiger partial charge is 0.335 e. The third kappa shape index (κ3) is 3.96. The van der Waals surface area contributed by atoms with Crippen LogP contribution in [0.15, 0.2) is 41.3 Å². The number of anilines is 1. The molecule has 0 saturated heterocycles. The third-order valence-electron chi connectivity index (χ3n) is 4.63. The largest absolute Gasteiger partial charge is 0.478 e. The molecular weight excluding hydrogens is 356 g/mol. The monoisotopic (exact) mass is 374 g/mol. The molecule has 0 unspecified atom stereocenters. The Labute approximate surface area is 155 Å². The first-order valence-corrected chi connectivity index (χ1v) is 8.90. The molecule has 0 aliphatic heterocycles. The maximum Gasteiger partial charge on any atom is 0.335 e. The van der Waals surface area contributed by atoms with Crippen LogP contribution in [-0.4, -0.2) is 21.6 Å². The number of carbonyl (C=O) groups is 2. The predicted molar refractivity (Wildman–Crippen MR) is 99.2 cm³/mol. The van der Waals surface area contributed by atoms with Crippen LogP contribution in [-0.2, 0) is 0 Å². The fraction of sp³-hybridized carbons (Fsp3) is 0.316. The Kier molecular flexibility index (Phi) is 5.42. The summed E-state index contributed by atoms with van der Waals surface area (Å²) >= 11 is 6.05. The zero-order valence-corrected chi connectivity index (χ0v) is 14.8. The number of pyridine rings is 1. The van der Waals surface area contributed by atoms with Crippen molar-refractivity contribution in [2.45, 2.75) is 38.1 Å². The summed E-state index contributed by atoms with van der Waals surface area (Å²) in [5.41, 5.74) is 0.440. The van der Waals surface area contributed by atoms with Crippen LogP contribution in [0.1, 0.15) is 58.9 Å². The molecule has 1 aromatic heterocycles. The lowest BCUT2D eigenvalue weighted by Gasteiger charge is -2.24. The van der Waals surface area contributed by atoms with Gasteiger partial charge in [0.25, 0.3) is 11.5 Å². The van der Waals surface area contributed by atoms with Crippen molar-refractivity contribution in [2.24, 2.45) is 0 Å². The van der Waals surface area contributed by atoms with Crippen LogP contribution in [0.2, 0.25) is 5.02 Å². The van der Waals surface area contributed by atoms with Gasteiger partial charge in [-0.15, -0.1) is 0 Å². The number of rotatable bonds is 4. The number of amides is 1. The second-order valence-corrected chi connectivity index (χ2v) is 6.82. The molecule has 1 fully saturated rings. The first-order chi connectivity index (χ1) is 12.5. The van der Waals surface area contributed by atoms with Crippen molar-refractivity contribution in [3.05, 3.63) is 63.0 Å². The minimum atomic E-state index is -1.11. The van der Waals surface area contributed by atoms with Gasteiger partial charge in [-0.3, -0.25) is 9.59 Å². The summed E-state index contributed by atoms with van der Waals surface area (Å²) in [5.74, 6) is -1.55. The topological polar surface area (TPSA) is 88.4 Å². The molecule has 1 aliphatic rings. The molecular formula is C19H19ClN2O4. The molecule has 0 radical (unpaired) electrons. The van der Waals surface area contributed by atoms with Crippen LogP contribution in [0, 0.1) is 0 Å². The molecule has 0 spiro atoms. The number of aromatic carboxylic acids is 1. The highest BCUT2D eigenvalue weighted by atomic mass is 35.5. The Morgan fingerprint density at radius 2 is 1.77 bits per heavy atom. The maximum absolute atomic E-state index is 12.6. The number of hydrogen-bond acceptors (Lipinski definition) is 3. The lowest BCUT2D eigenvalue weighted by Crippen LogP contribution is -2.27. The van der Waals surface area contributed by atoms with Gasteiger partial charge < -0.3 is 15.0 Å². The highest BCUT2D eigenvalue weighted by molar-refractivity contribution is 6.34. The fourth-order valence-electron chi connectivity index (χ4n) is 3.23. The SMILES string of the molecule is O=C(O)c1ccc(Cl)c(NC(=O)c2ccc(=O)n(C3CCCCC3)c2)c1. The lowest BCUT2D eigenvalue weighted by molar-refractivity contribution is 0.0696. The molecule has 1 amide bonds. The Hall–Kier alpha value is -2.60. The lowest BCUT2D eigenvalue weighted by atomic mass is 9.95. The van der Waals surface area contributed by atoms with E-state index in [1.165, 1.54) is 36.8 Å². The molecule has 7 heteroatoms. The van der Waals surface area contributed by atoms with Gasteiger partial charge in [-0.1, -0.05) is 30.9 Å². The van der Waals surface area contributed by atoms with Crippen molar-refractivity contribution in [2.75, 3.05) is 5.32 Å². The van der Waals surface area contributed by atoms with Gasteiger partial charge in [0, 0.05) is 18.3 Å². The minimum Gasteiger partial charge on any atom is -0.478 e. The van der Waals surface area contributed by atoms with Crippen molar-refractivity contribution in [1.82, 2.24) is 4.57 Å². The minimum absolute atomic E-state index is 0.0249. The Balaban J connectivity index is 1.85. The average Bonchev–Trinajstić information content (AvgIpc) is 2.64. The normalized spacial score (nSPS) is 14.8. The number of benzene rings is 1. The Bertz CT molecular complexity index is 901. The highest BCUT2D eigenvalue weighted by Gasteiger charge is 2.18. The van der Waals surface area contributed by atoms with Crippen LogP contribution in [0.4, 0.5) is 5.69 Å². The van der Waals surface area contributed by atoms with Crippen LogP contribution < -0.4 is 10.9 Å². The van der Waals surface area contributed by atoms with Gasteiger partial charge in [0.15, 0.2) is 0 Å². The molecule has 1 saturated carbocycles. The summed E-state index contributed by atoms with van der Waals surface area (Å²) in [6, 6.07) is 7.06. The molecule has 136 valence electrons. The van der Waals surface area contributed by atoms with Crippen molar-refractivity contribution in [1.29, 1.82) is 0 Å². The summed E-state index contributed by atoms with van der Waals surface area (Å²) < 4.78 is 1.63. The van der Waals surface area contributed by atoms with Gasteiger partial charge in [-0.05, 0) is 37.1 Å². The zero-order chi connectivity index (χ0) is 18.7. The van der Waals surface area contributed by atoms with E-state index >= 15 is 0 Å². The molecule has 1 heterocycles. The van der Waals surface area contributed by atoms with E-state index in [-0.39, 0.29) is 27.9 Å². The number of halogens is 1. The Morgan fingerprint density at radius 3 is 2.46 bits per heavy atom. The van der Waals surface area contributed by atoms with Gasteiger partial charge in [0.2, 0.25) is 0 Å². The van der Waals surface area contributed by atoms with E-state index in [0.29, 0.717) is 5.56 Å². The summed E-state index contributed by atoms with van der Waals surface area (Å²) in [7, 11) is 0. The van der Waals surface area contributed by atoms with E-state index in [9.17, 15) is 14.4 Å². The molecule has 3 rings (SSSR count). The van der Waals surface area contributed by atoms with Crippen molar-refractivity contribution in [3.8, 4) is 0 Å². The van der Waals surface area contributed by atoms with E-state index in [0.717, 1.165) is 25.7 Å². The Morgan fingerprint density at radius 1 is 1.08 bits per heavy atom. The molecule has 2 aromatic rings. The number of nitrogens with one attached hydrogen (secondary N) is 1. The number of carboxylic acids is 1. The first-order valence-electron chi connectivity index (χ1n) is 8.52. The van der Waals surface area contributed by atoms with E-state index in [2.05, 4.69) is 5.32 Å². The molecule has 2 N–H and O–H groups in total. The van der Waals surface area contributed by atoms with Gasteiger partial charge >= 0.3 is 5.97 Å². The average molecular weight is 375 g/mol. The fourth-order valence-corrected chi connectivity index (χ4v) is 3.40. The second kappa shape index (κ2) is 7.74. The summed E-state index contributed by atoms with van der Waals surface area (Å²) in [4.78, 5) is 35.8. The van der Waals surface area contributed by atoms with Crippen molar-refractivity contribution >= 4 is 29.2 Å². The summed E-state index contributed by atoms with van der Waals surface area (Å²) in [6.07, 6.45) is 6.75. The van der Waals surface area contributed by atoms with Crippen molar-refractivity contribution < 1.29 is 14.7 Å². The van der Waals surface area contributed by atoms with Crippen LogP contribution in [0.25, 0.3) is 0 Å². The molecule has 0 atom stereocenters. The number of carbonyl (C=O) groups excluding carboxylic acids is 1. The van der Waals surface area contributed by atoms with E-state index in [1.54, 1.807) is 10.8 Å². The van der Waals surface area contributed by atoms with Crippen LogP contribution in [0.3, 0.4) is 0 Å². The molecule has 1 aromatic carbocycles. The molecule has 26 heavy (non-hydrogen) atoms. The van der Waals surface area contributed by atoms with Gasteiger partial charge in [-0.2, -0.15) is 0 Å². The molecule has 6 nitrogen and oxygen atoms in total. The predicted octanol–water partition coefficient (Wildman–Crippen LogP) is 3.96. The standard InChI is InChI=1S/C19H19ClN2O4/c20-15-8-6-12(19(25)26)10-16(15)21-18(24)13-7-9-17(23)22(11-13)14-4-2-1-3-5-14/h6-11,14H,1-5H2,(H,21,24)(H,25,26). The van der Waals surface area contributed by atoms with Crippen LogP contribution in [0.5, 0.6) is 0 Å². The summed E-state index contributed by atoms with van der Waals surface area (Å²) in [6.45, 7) is 0. The first kappa shape index (κ1) is 18.2. The second-order valence-electron chi connectivity index (χ2n) is 6.41. The molecule has 0 bridgehead atoms. The zero-order valence-electron chi connectivity index (χ0n) is 14.1. The van der Waals surface area contributed by atoms with Crippen molar-refractivity contribution in [3.63, 3.8) is 0 Å². The number of nitrogens with zero attached hydrogens (tertiary/aromatic N) is 1. The van der Waals surface area contributed by atoms with Gasteiger partial charge in [0.05, 0.1) is 21.8 Å². The number of aromatic nitrogens is 1. The van der Waals surface area contributed by atoms with Gasteiger partial charge in [0.1, 0.15) is 0 Å². The van der Waals surface area contributed by atoms with E-state index in [4.69, 9.17) is 16.7 Å². The summed E-state index contributed by atoms with van der Waals surface area (Å²) in [5, 5.41) is 11.9. The number of carboxylic acid groups (broad SMARTS) is 1. The van der Waals surface area contributed by atoms with E-state index in [1.807, 2.05) is 0 Å². The quantitative estimate of drug-likeness (QED) is 0.847. The molecule has 1 aliphatic carbocycles. The van der Waals surface area contributed by atoms with Crippen LogP contribution >= 0.6 is 11.6 Å². The highest BCUT2D eigenvalue weighted by Crippen LogP contribution is 2.27. The van der Waals surface area contributed by atoms with E-state index < -0.39 is 11.9 Å².